The third kappa shape index (κ3) is 4.62. The van der Waals surface area contributed by atoms with Crippen molar-refractivity contribution in [1.82, 2.24) is 9.88 Å². The first kappa shape index (κ1) is 21.9. The Balaban J connectivity index is 1.74. The van der Waals surface area contributed by atoms with Gasteiger partial charge in [0.05, 0.1) is 42.5 Å². The van der Waals surface area contributed by atoms with Gasteiger partial charge in [0.15, 0.2) is 6.61 Å². The van der Waals surface area contributed by atoms with Gasteiger partial charge in [0.25, 0.3) is 5.91 Å². The summed E-state index contributed by atoms with van der Waals surface area (Å²) in [5, 5.41) is -0.174. The zero-order valence-electron chi connectivity index (χ0n) is 17.3. The van der Waals surface area contributed by atoms with E-state index in [4.69, 9.17) is 14.2 Å². The highest BCUT2D eigenvalue weighted by molar-refractivity contribution is 5.91. The molecule has 1 aliphatic rings. The van der Waals surface area contributed by atoms with Crippen LogP contribution in [0, 0.1) is 0 Å². The van der Waals surface area contributed by atoms with E-state index in [1.54, 1.807) is 36.3 Å². The maximum absolute atomic E-state index is 13.7. The Morgan fingerprint density at radius 1 is 1.12 bits per heavy atom. The molecule has 0 atom stereocenters. The predicted molar refractivity (Wildman–Crippen MR) is 112 cm³/mol. The van der Waals surface area contributed by atoms with E-state index in [2.05, 4.69) is 4.98 Å². The number of carbonyl (C=O) groups excluding carboxylic acids is 1. The number of ether oxygens (including phenoxy) is 3. The molecule has 2 heterocycles. The van der Waals surface area contributed by atoms with Crippen molar-refractivity contribution in [1.29, 1.82) is 0 Å². The van der Waals surface area contributed by atoms with Gasteiger partial charge >= 0.3 is 6.18 Å². The highest BCUT2D eigenvalue weighted by Crippen LogP contribution is 2.40. The third-order valence-corrected chi connectivity index (χ3v) is 5.20. The summed E-state index contributed by atoms with van der Waals surface area (Å²) in [6, 6.07) is 12.2. The Morgan fingerprint density at radius 3 is 2.50 bits per heavy atom. The maximum atomic E-state index is 13.7. The molecule has 0 saturated carbocycles. The zero-order valence-corrected chi connectivity index (χ0v) is 17.3. The number of carbonyl (C=O) groups is 1. The molecule has 32 heavy (non-hydrogen) atoms. The van der Waals surface area contributed by atoms with Crippen molar-refractivity contribution in [3.63, 3.8) is 0 Å². The topological polar surface area (TPSA) is 60.9 Å². The normalized spacial score (nSPS) is 14.4. The lowest BCUT2D eigenvalue weighted by molar-refractivity contribution is -0.137. The molecule has 2 aromatic carbocycles. The van der Waals surface area contributed by atoms with Crippen LogP contribution in [0.4, 0.5) is 13.2 Å². The van der Waals surface area contributed by atoms with Crippen LogP contribution >= 0.6 is 0 Å². The number of morpholine rings is 1. The Morgan fingerprint density at radius 2 is 1.84 bits per heavy atom. The molecule has 1 aliphatic heterocycles. The van der Waals surface area contributed by atoms with Crippen molar-refractivity contribution >= 4 is 16.8 Å². The van der Waals surface area contributed by atoms with Crippen LogP contribution in [0.3, 0.4) is 0 Å². The molecule has 6 nitrogen and oxygen atoms in total. The van der Waals surface area contributed by atoms with Crippen molar-refractivity contribution in [2.24, 2.45) is 0 Å². The number of pyridine rings is 1. The molecule has 4 rings (SSSR count). The molecule has 168 valence electrons. The molecule has 9 heteroatoms. The Bertz CT molecular complexity index is 1110. The smallest absolute Gasteiger partial charge is 0.417 e. The number of alkyl halides is 3. The molecule has 1 amide bonds. The summed E-state index contributed by atoms with van der Waals surface area (Å²) in [5.74, 6) is 0.283. The van der Waals surface area contributed by atoms with Gasteiger partial charge in [-0.15, -0.1) is 0 Å². The van der Waals surface area contributed by atoms with Gasteiger partial charge in [-0.2, -0.15) is 13.2 Å². The predicted octanol–water partition coefficient (Wildman–Crippen LogP) is 4.17. The van der Waals surface area contributed by atoms with E-state index in [9.17, 15) is 18.0 Å². The minimum absolute atomic E-state index is 0.0460. The van der Waals surface area contributed by atoms with E-state index in [1.807, 2.05) is 0 Å². The fourth-order valence-electron chi connectivity index (χ4n) is 3.55. The van der Waals surface area contributed by atoms with Gasteiger partial charge in [-0.05, 0) is 36.4 Å². The molecular formula is C23H21F3N2O4. The summed E-state index contributed by atoms with van der Waals surface area (Å²) >= 11 is 0. The van der Waals surface area contributed by atoms with Gasteiger partial charge in [0.1, 0.15) is 11.5 Å². The molecule has 1 saturated heterocycles. The van der Waals surface area contributed by atoms with Gasteiger partial charge in [0, 0.05) is 24.7 Å². The van der Waals surface area contributed by atoms with Gasteiger partial charge in [-0.25, -0.2) is 4.98 Å². The summed E-state index contributed by atoms with van der Waals surface area (Å²) in [4.78, 5) is 18.5. The van der Waals surface area contributed by atoms with Crippen LogP contribution in [0.1, 0.15) is 5.56 Å². The molecule has 0 aliphatic carbocycles. The lowest BCUT2D eigenvalue weighted by atomic mass is 10.0. The Hall–Kier alpha value is -3.33. The fraction of sp³-hybridized carbons (Fsp3) is 0.304. The zero-order chi connectivity index (χ0) is 22.7. The standard InChI is InChI=1S/C23H21F3N2O4/c1-30-16-7-5-15(6-8-16)19-13-20(32-14-21(29)28-9-11-31-12-10-28)22-17(23(24,25)26)3-2-4-18(22)27-19/h2-8,13H,9-12,14H2,1H3. The first-order valence-electron chi connectivity index (χ1n) is 10.0. The van der Waals surface area contributed by atoms with E-state index in [1.165, 1.54) is 18.2 Å². The second-order valence-corrected chi connectivity index (χ2v) is 7.21. The quantitative estimate of drug-likeness (QED) is 0.589. The Kier molecular flexibility index (Phi) is 6.18. The molecule has 0 N–H and O–H groups in total. The monoisotopic (exact) mass is 446 g/mol. The molecule has 1 aromatic heterocycles. The first-order valence-corrected chi connectivity index (χ1v) is 10.0. The molecule has 0 spiro atoms. The van der Waals surface area contributed by atoms with Crippen LogP contribution in [0.2, 0.25) is 0 Å². The number of halogens is 3. The highest BCUT2D eigenvalue weighted by Gasteiger charge is 2.34. The summed E-state index contributed by atoms with van der Waals surface area (Å²) in [5.41, 5.74) is 0.363. The van der Waals surface area contributed by atoms with Gasteiger partial charge in [-0.3, -0.25) is 4.79 Å². The van der Waals surface area contributed by atoms with E-state index in [0.717, 1.165) is 6.07 Å². The van der Waals surface area contributed by atoms with Gasteiger partial charge in [0.2, 0.25) is 0 Å². The van der Waals surface area contributed by atoms with Crippen LogP contribution in [-0.2, 0) is 15.7 Å². The Labute approximate surface area is 182 Å². The maximum Gasteiger partial charge on any atom is 0.417 e. The van der Waals surface area contributed by atoms with Crippen molar-refractivity contribution in [3.05, 3.63) is 54.1 Å². The number of hydrogen-bond acceptors (Lipinski definition) is 5. The number of methoxy groups -OCH3 is 1. The van der Waals surface area contributed by atoms with Crippen LogP contribution < -0.4 is 9.47 Å². The number of nitrogens with zero attached hydrogens (tertiary/aromatic N) is 2. The minimum Gasteiger partial charge on any atom is -0.497 e. The van der Waals surface area contributed by atoms with Crippen molar-refractivity contribution in [2.75, 3.05) is 40.0 Å². The van der Waals surface area contributed by atoms with Gasteiger partial charge in [-0.1, -0.05) is 6.07 Å². The van der Waals surface area contributed by atoms with E-state index >= 15 is 0 Å². The van der Waals surface area contributed by atoms with Crippen molar-refractivity contribution in [2.45, 2.75) is 6.18 Å². The second kappa shape index (κ2) is 9.04. The van der Waals surface area contributed by atoms with Crippen LogP contribution in [0.15, 0.2) is 48.5 Å². The third-order valence-electron chi connectivity index (χ3n) is 5.20. The highest BCUT2D eigenvalue weighted by atomic mass is 19.4. The number of rotatable bonds is 5. The molecule has 0 bridgehead atoms. The lowest BCUT2D eigenvalue weighted by Gasteiger charge is -2.27. The van der Waals surface area contributed by atoms with E-state index < -0.39 is 11.7 Å². The summed E-state index contributed by atoms with van der Waals surface area (Å²) in [7, 11) is 1.54. The van der Waals surface area contributed by atoms with E-state index in [0.29, 0.717) is 43.3 Å². The average Bonchev–Trinajstić information content (AvgIpc) is 2.81. The fourth-order valence-corrected chi connectivity index (χ4v) is 3.55. The van der Waals surface area contributed by atoms with E-state index in [-0.39, 0.29) is 29.2 Å². The van der Waals surface area contributed by atoms with Crippen LogP contribution in [0.5, 0.6) is 11.5 Å². The molecule has 0 unspecified atom stereocenters. The molecule has 1 fully saturated rings. The second-order valence-electron chi connectivity index (χ2n) is 7.21. The number of aromatic nitrogens is 1. The number of fused-ring (bicyclic) bond motifs is 1. The molecule has 0 radical (unpaired) electrons. The SMILES string of the molecule is COc1ccc(-c2cc(OCC(=O)N3CCOCC3)c3c(C(F)(F)F)cccc3n2)cc1. The molecule has 3 aromatic rings. The van der Waals surface area contributed by atoms with Crippen LogP contribution in [-0.4, -0.2) is 55.8 Å². The summed E-state index contributed by atoms with van der Waals surface area (Å²) in [6.45, 7) is 1.30. The lowest BCUT2D eigenvalue weighted by Crippen LogP contribution is -2.43. The minimum atomic E-state index is -4.60. The number of benzene rings is 2. The molecular weight excluding hydrogens is 425 g/mol. The first-order chi connectivity index (χ1) is 15.4. The van der Waals surface area contributed by atoms with Gasteiger partial charge < -0.3 is 19.1 Å². The largest absolute Gasteiger partial charge is 0.497 e. The van der Waals surface area contributed by atoms with Crippen LogP contribution in [0.25, 0.3) is 22.2 Å². The number of hydrogen-bond donors (Lipinski definition) is 0. The van der Waals surface area contributed by atoms with Crippen molar-refractivity contribution < 1.29 is 32.2 Å². The average molecular weight is 446 g/mol. The number of amides is 1. The summed E-state index contributed by atoms with van der Waals surface area (Å²) < 4.78 is 57.2. The summed E-state index contributed by atoms with van der Waals surface area (Å²) in [6.07, 6.45) is -4.60. The van der Waals surface area contributed by atoms with Crippen molar-refractivity contribution in [3.8, 4) is 22.8 Å².